The smallest absolute Gasteiger partial charge is 0.233 e. The lowest BCUT2D eigenvalue weighted by Gasteiger charge is -2.20. The molecule has 1 saturated heterocycles. The molecule has 2 amide bonds. The number of hydrogen-bond acceptors (Lipinski definition) is 3. The average Bonchev–Trinajstić information content (AvgIpc) is 2.62. The molecule has 0 radical (unpaired) electrons. The van der Waals surface area contributed by atoms with Gasteiger partial charge in [-0.3, -0.25) is 9.59 Å². The van der Waals surface area contributed by atoms with Crippen LogP contribution in [0.15, 0.2) is 18.2 Å². The van der Waals surface area contributed by atoms with E-state index in [1.54, 1.807) is 0 Å². The Morgan fingerprint density at radius 1 is 1.19 bits per heavy atom. The Kier molecular flexibility index (Phi) is 5.13. The molecule has 0 atom stereocenters. The van der Waals surface area contributed by atoms with E-state index in [9.17, 15) is 9.59 Å². The Balaban J connectivity index is 2.45. The number of aryl methyl sites for hydroxylation is 1. The Hall–Kier alpha value is -2.12. The molecule has 2 rings (SSSR count). The summed E-state index contributed by atoms with van der Waals surface area (Å²) in [4.78, 5) is 25.8. The van der Waals surface area contributed by atoms with Gasteiger partial charge in [-0.05, 0) is 37.5 Å². The minimum atomic E-state index is -0.159. The zero-order valence-electron chi connectivity index (χ0n) is 12.2. The Morgan fingerprint density at radius 3 is 2.48 bits per heavy atom. The summed E-state index contributed by atoms with van der Waals surface area (Å²) in [5.41, 5.74) is 2.19. The quantitative estimate of drug-likeness (QED) is 0.669. The molecule has 0 bridgehead atoms. The number of aliphatic hydroxyl groups excluding tert-OH is 1. The molecule has 0 spiro atoms. The molecule has 1 aliphatic rings. The van der Waals surface area contributed by atoms with Gasteiger partial charge in [0.1, 0.15) is 0 Å². The van der Waals surface area contributed by atoms with Crippen molar-refractivity contribution >= 4 is 17.5 Å². The number of anilines is 1. The number of hydrogen-bond donors (Lipinski definition) is 1. The third kappa shape index (κ3) is 3.71. The van der Waals surface area contributed by atoms with Crippen LogP contribution in [0.5, 0.6) is 0 Å². The number of amides is 2. The van der Waals surface area contributed by atoms with Gasteiger partial charge in [0, 0.05) is 24.8 Å². The Labute approximate surface area is 124 Å². The zero-order valence-corrected chi connectivity index (χ0v) is 12.2. The fraction of sp³-hybridized carbons (Fsp3) is 0.412. The van der Waals surface area contributed by atoms with Gasteiger partial charge in [0.15, 0.2) is 0 Å². The molecule has 0 aliphatic carbocycles. The Bertz CT molecular complexity index is 592. The molecule has 21 heavy (non-hydrogen) atoms. The van der Waals surface area contributed by atoms with Gasteiger partial charge in [-0.15, -0.1) is 0 Å². The van der Waals surface area contributed by atoms with Crippen LogP contribution in [0.3, 0.4) is 0 Å². The van der Waals surface area contributed by atoms with Crippen LogP contribution in [0.25, 0.3) is 0 Å². The summed E-state index contributed by atoms with van der Waals surface area (Å²) in [7, 11) is 0. The summed E-state index contributed by atoms with van der Waals surface area (Å²) in [6, 6.07) is 5.55. The van der Waals surface area contributed by atoms with Crippen LogP contribution < -0.4 is 4.90 Å². The van der Waals surface area contributed by atoms with Gasteiger partial charge in [-0.2, -0.15) is 0 Å². The second kappa shape index (κ2) is 7.05. The number of benzene rings is 1. The highest BCUT2D eigenvalue weighted by atomic mass is 16.2. The van der Waals surface area contributed by atoms with Gasteiger partial charge in [0.05, 0.1) is 12.3 Å². The van der Waals surface area contributed by atoms with Crippen molar-refractivity contribution in [1.82, 2.24) is 0 Å². The third-order valence-corrected chi connectivity index (χ3v) is 3.38. The van der Waals surface area contributed by atoms with E-state index in [0.717, 1.165) is 18.4 Å². The van der Waals surface area contributed by atoms with Crippen molar-refractivity contribution in [3.8, 4) is 11.8 Å². The van der Waals surface area contributed by atoms with Gasteiger partial charge in [-0.1, -0.05) is 17.9 Å². The summed E-state index contributed by atoms with van der Waals surface area (Å²) in [6.45, 7) is 1.91. The fourth-order valence-corrected chi connectivity index (χ4v) is 2.33. The second-order valence-electron chi connectivity index (χ2n) is 5.13. The number of carbonyl (C=O) groups excluding carboxylic acids is 2. The summed E-state index contributed by atoms with van der Waals surface area (Å²) in [5, 5.41) is 8.81. The van der Waals surface area contributed by atoms with Crippen molar-refractivity contribution in [2.45, 2.75) is 39.0 Å². The molecular weight excluding hydrogens is 266 g/mol. The van der Waals surface area contributed by atoms with E-state index < -0.39 is 0 Å². The lowest BCUT2D eigenvalue weighted by Crippen LogP contribution is -2.35. The van der Waals surface area contributed by atoms with Gasteiger partial charge in [-0.25, -0.2) is 4.90 Å². The van der Waals surface area contributed by atoms with Gasteiger partial charge in [0.2, 0.25) is 11.8 Å². The van der Waals surface area contributed by atoms with Gasteiger partial charge in [0.25, 0.3) is 0 Å². The van der Waals surface area contributed by atoms with Crippen molar-refractivity contribution in [2.75, 3.05) is 11.5 Å². The lowest BCUT2D eigenvalue weighted by atomic mass is 10.1. The molecule has 4 heteroatoms. The SMILES string of the molecule is Cc1ccc(C#CCCO)c(N2C(=O)CCCCC2=O)c1. The molecule has 0 aromatic heterocycles. The Morgan fingerprint density at radius 2 is 1.86 bits per heavy atom. The maximum Gasteiger partial charge on any atom is 0.233 e. The predicted molar refractivity (Wildman–Crippen MR) is 80.7 cm³/mol. The highest BCUT2D eigenvalue weighted by Crippen LogP contribution is 2.26. The topological polar surface area (TPSA) is 57.6 Å². The molecule has 0 unspecified atom stereocenters. The van der Waals surface area contributed by atoms with E-state index in [1.807, 2.05) is 25.1 Å². The van der Waals surface area contributed by atoms with Crippen LogP contribution in [-0.4, -0.2) is 23.5 Å². The minimum absolute atomic E-state index is 0.00420. The first-order chi connectivity index (χ1) is 10.1. The van der Waals surface area contributed by atoms with E-state index in [0.29, 0.717) is 30.5 Å². The van der Waals surface area contributed by atoms with Gasteiger partial charge < -0.3 is 5.11 Å². The van der Waals surface area contributed by atoms with Crippen molar-refractivity contribution in [1.29, 1.82) is 0 Å². The number of rotatable bonds is 2. The molecular formula is C17H19NO3. The molecule has 4 nitrogen and oxygen atoms in total. The molecule has 1 aliphatic heterocycles. The van der Waals surface area contributed by atoms with Crippen molar-refractivity contribution in [2.24, 2.45) is 0 Å². The first kappa shape index (κ1) is 15.3. The first-order valence-corrected chi connectivity index (χ1v) is 7.19. The largest absolute Gasteiger partial charge is 0.395 e. The normalized spacial score (nSPS) is 15.4. The monoisotopic (exact) mass is 285 g/mol. The summed E-state index contributed by atoms with van der Waals surface area (Å²) < 4.78 is 0. The average molecular weight is 285 g/mol. The number of carbonyl (C=O) groups is 2. The number of aliphatic hydroxyl groups is 1. The molecule has 1 aromatic carbocycles. The maximum absolute atomic E-state index is 12.2. The summed E-state index contributed by atoms with van der Waals surface area (Å²) in [5.74, 6) is 5.47. The molecule has 1 N–H and O–H groups in total. The van der Waals surface area contributed by atoms with E-state index in [2.05, 4.69) is 11.8 Å². The van der Waals surface area contributed by atoms with Gasteiger partial charge >= 0.3 is 0 Å². The highest BCUT2D eigenvalue weighted by molar-refractivity contribution is 6.16. The molecule has 0 saturated carbocycles. The van der Waals surface area contributed by atoms with Crippen LogP contribution in [-0.2, 0) is 9.59 Å². The van der Waals surface area contributed by atoms with Crippen LogP contribution in [0.1, 0.15) is 43.2 Å². The van der Waals surface area contributed by atoms with Crippen molar-refractivity contribution < 1.29 is 14.7 Å². The minimum Gasteiger partial charge on any atom is -0.395 e. The maximum atomic E-state index is 12.2. The van der Waals surface area contributed by atoms with E-state index >= 15 is 0 Å². The fourth-order valence-electron chi connectivity index (χ4n) is 2.33. The second-order valence-corrected chi connectivity index (χ2v) is 5.13. The van der Waals surface area contributed by atoms with E-state index in [-0.39, 0.29) is 18.4 Å². The van der Waals surface area contributed by atoms with E-state index in [1.165, 1.54) is 4.90 Å². The summed E-state index contributed by atoms with van der Waals surface area (Å²) in [6.07, 6.45) is 2.65. The first-order valence-electron chi connectivity index (χ1n) is 7.19. The van der Waals surface area contributed by atoms with Crippen LogP contribution >= 0.6 is 0 Å². The number of nitrogens with zero attached hydrogens (tertiary/aromatic N) is 1. The zero-order chi connectivity index (χ0) is 15.2. The van der Waals surface area contributed by atoms with Crippen LogP contribution in [0.2, 0.25) is 0 Å². The van der Waals surface area contributed by atoms with Crippen molar-refractivity contribution in [3.05, 3.63) is 29.3 Å². The van der Waals surface area contributed by atoms with Crippen LogP contribution in [0, 0.1) is 18.8 Å². The predicted octanol–water partition coefficient (Wildman–Crippen LogP) is 2.16. The summed E-state index contributed by atoms with van der Waals surface area (Å²) >= 11 is 0. The lowest BCUT2D eigenvalue weighted by molar-refractivity contribution is -0.125. The van der Waals surface area contributed by atoms with Crippen molar-refractivity contribution in [3.63, 3.8) is 0 Å². The molecule has 1 fully saturated rings. The molecule has 1 heterocycles. The molecule has 110 valence electrons. The number of imide groups is 1. The van der Waals surface area contributed by atoms with E-state index in [4.69, 9.17) is 5.11 Å². The molecule has 1 aromatic rings. The van der Waals surface area contributed by atoms with Crippen LogP contribution in [0.4, 0.5) is 5.69 Å². The third-order valence-electron chi connectivity index (χ3n) is 3.38. The highest BCUT2D eigenvalue weighted by Gasteiger charge is 2.27. The standard InChI is InChI=1S/C17H19NO3/c1-13-9-10-14(6-4-5-11-19)15(12-13)18-16(20)7-2-3-8-17(18)21/h9-10,12,19H,2-3,5,7-8,11H2,1H3.